The maximum absolute atomic E-state index is 2.45. The van der Waals surface area contributed by atoms with Crippen LogP contribution in [0.4, 0.5) is 0 Å². The van der Waals surface area contributed by atoms with Crippen molar-refractivity contribution in [1.29, 1.82) is 0 Å². The van der Waals surface area contributed by atoms with Gasteiger partial charge in [-0.05, 0) is 0 Å². The summed E-state index contributed by atoms with van der Waals surface area (Å²) in [6.07, 6.45) is 5.57. The van der Waals surface area contributed by atoms with Gasteiger partial charge < -0.3 is 0 Å². The molecule has 0 saturated carbocycles. The van der Waals surface area contributed by atoms with E-state index >= 15 is 0 Å². The molecule has 1 aliphatic carbocycles. The maximum atomic E-state index is 2.45. The Hall–Kier alpha value is -0.626. The van der Waals surface area contributed by atoms with Crippen molar-refractivity contribution in [2.24, 2.45) is 0 Å². The summed E-state index contributed by atoms with van der Waals surface area (Å²) in [7, 11) is 0. The predicted molar refractivity (Wildman–Crippen MR) is 82.8 cm³/mol. The monoisotopic (exact) mass is 302 g/mol. The van der Waals surface area contributed by atoms with E-state index in [1.54, 1.807) is 0 Å². The molecule has 20 heavy (non-hydrogen) atoms. The van der Waals surface area contributed by atoms with Gasteiger partial charge in [0.2, 0.25) is 0 Å². The van der Waals surface area contributed by atoms with Crippen LogP contribution >= 0.6 is 0 Å². The summed E-state index contributed by atoms with van der Waals surface area (Å²) >= 11 is 2.22. The first-order valence-corrected chi connectivity index (χ1v) is 7.98. The van der Waals surface area contributed by atoms with Gasteiger partial charge in [-0.15, -0.1) is 0 Å². The number of allylic oxidation sites excluding steroid dienone is 4. The van der Waals surface area contributed by atoms with E-state index in [2.05, 4.69) is 95.1 Å². The van der Waals surface area contributed by atoms with Gasteiger partial charge in [0.25, 0.3) is 0 Å². The second-order valence-corrected chi connectivity index (χ2v) is 7.32. The molecule has 0 aliphatic heterocycles. The number of nitrogens with zero attached hydrogens (tertiary/aromatic N) is 1. The van der Waals surface area contributed by atoms with Crippen molar-refractivity contribution < 1.29 is 20.7 Å². The van der Waals surface area contributed by atoms with Crippen LogP contribution in [0, 0.1) is 0 Å². The fourth-order valence-electron chi connectivity index (χ4n) is 2.79. The van der Waals surface area contributed by atoms with Crippen LogP contribution in [0.15, 0.2) is 42.0 Å². The van der Waals surface area contributed by atoms with Crippen LogP contribution in [-0.2, 0) is 20.7 Å². The van der Waals surface area contributed by atoms with Crippen molar-refractivity contribution in [2.75, 3.05) is 0 Å². The van der Waals surface area contributed by atoms with Gasteiger partial charge in [-0.3, -0.25) is 0 Å². The number of hydrogen-bond acceptors (Lipinski definition) is 1. The van der Waals surface area contributed by atoms with Crippen molar-refractivity contribution in [2.45, 2.75) is 52.6 Å². The fraction of sp³-hybridized carbons (Fsp3) is 0.444. The summed E-state index contributed by atoms with van der Waals surface area (Å²) in [4.78, 5) is 0. The molecule has 1 aliphatic rings. The zero-order chi connectivity index (χ0) is 14.9. The normalized spacial score (nSPS) is 17.1. The van der Waals surface area contributed by atoms with E-state index in [0.29, 0.717) is 6.04 Å². The Morgan fingerprint density at radius 2 is 1.85 bits per heavy atom. The molecule has 1 unspecified atom stereocenters. The van der Waals surface area contributed by atoms with Crippen LogP contribution in [0.1, 0.15) is 58.2 Å². The molecule has 0 spiro atoms. The molecule has 2 rings (SSSR count). The van der Waals surface area contributed by atoms with Gasteiger partial charge >= 0.3 is 135 Å². The van der Waals surface area contributed by atoms with Gasteiger partial charge in [0.15, 0.2) is 0 Å². The van der Waals surface area contributed by atoms with Crippen molar-refractivity contribution in [3.05, 3.63) is 53.1 Å². The van der Waals surface area contributed by atoms with Crippen LogP contribution in [0.25, 0.3) is 5.57 Å². The van der Waals surface area contributed by atoms with Crippen LogP contribution < -0.4 is 0 Å². The van der Waals surface area contributed by atoms with Crippen LogP contribution in [0.3, 0.4) is 0 Å². The molecule has 1 nitrogen and oxygen atoms in total. The number of hydrogen-bond donors (Lipinski definition) is 0. The summed E-state index contributed by atoms with van der Waals surface area (Å²) in [5, 5.41) is 0. The van der Waals surface area contributed by atoms with E-state index in [0.717, 1.165) is 6.42 Å². The molecule has 0 radical (unpaired) electrons. The molecule has 105 valence electrons. The summed E-state index contributed by atoms with van der Waals surface area (Å²) in [6.45, 7) is 11.3. The Bertz CT molecular complexity index is 549. The molecule has 0 amide bonds. The van der Waals surface area contributed by atoms with Crippen molar-refractivity contribution in [3.63, 3.8) is 0 Å². The van der Waals surface area contributed by atoms with E-state index in [-0.39, 0.29) is 5.54 Å². The Labute approximate surface area is 135 Å². The Morgan fingerprint density at radius 1 is 1.20 bits per heavy atom. The van der Waals surface area contributed by atoms with Crippen LogP contribution in [0.5, 0.6) is 0 Å². The third-order valence-corrected chi connectivity index (χ3v) is 5.66. The van der Waals surface area contributed by atoms with E-state index in [1.165, 1.54) is 22.3 Å². The molecule has 0 heterocycles. The average molecular weight is 302 g/mol. The van der Waals surface area contributed by atoms with E-state index in [9.17, 15) is 0 Å². The van der Waals surface area contributed by atoms with E-state index in [4.69, 9.17) is 0 Å². The minimum atomic E-state index is 0.171. The summed E-state index contributed by atoms with van der Waals surface area (Å²) in [5.41, 5.74) is 5.91. The number of benzene rings is 1. The summed E-state index contributed by atoms with van der Waals surface area (Å²) < 4.78 is 2.45. The van der Waals surface area contributed by atoms with Gasteiger partial charge in [0.05, 0.1) is 0 Å². The number of rotatable bonds is 3. The molecule has 1 atom stereocenters. The SMILES string of the molecule is CC1=C(c2ccccc2C(C)[N]([Ti])C(C)(C)C)CC=C1. The Morgan fingerprint density at radius 3 is 2.40 bits per heavy atom. The molecular weight excluding hydrogens is 278 g/mol. The molecule has 0 saturated heterocycles. The summed E-state index contributed by atoms with van der Waals surface area (Å²) in [6, 6.07) is 9.27. The molecule has 1 aromatic rings. The quantitative estimate of drug-likeness (QED) is 0.707. The van der Waals surface area contributed by atoms with Crippen molar-refractivity contribution >= 4 is 5.57 Å². The van der Waals surface area contributed by atoms with Gasteiger partial charge in [0, 0.05) is 0 Å². The van der Waals surface area contributed by atoms with Crippen LogP contribution in [-0.4, -0.2) is 8.92 Å². The van der Waals surface area contributed by atoms with Gasteiger partial charge in [0.1, 0.15) is 0 Å². The topological polar surface area (TPSA) is 3.24 Å². The predicted octanol–water partition coefficient (Wildman–Crippen LogP) is 5.04. The zero-order valence-corrected chi connectivity index (χ0v) is 14.8. The molecule has 1 aromatic carbocycles. The van der Waals surface area contributed by atoms with Gasteiger partial charge in [-0.1, -0.05) is 0 Å². The van der Waals surface area contributed by atoms with E-state index < -0.39 is 0 Å². The fourth-order valence-corrected chi connectivity index (χ4v) is 3.01. The van der Waals surface area contributed by atoms with Crippen molar-refractivity contribution in [1.82, 2.24) is 3.38 Å². The third-order valence-electron chi connectivity index (χ3n) is 4.01. The van der Waals surface area contributed by atoms with Crippen molar-refractivity contribution in [3.8, 4) is 0 Å². The first-order valence-electron chi connectivity index (χ1n) is 7.28. The zero-order valence-electron chi connectivity index (χ0n) is 13.2. The molecule has 0 fully saturated rings. The minimum absolute atomic E-state index is 0.171. The first-order chi connectivity index (χ1) is 9.32. The summed E-state index contributed by atoms with van der Waals surface area (Å²) in [5.74, 6) is 0. The second-order valence-electron chi connectivity index (χ2n) is 6.57. The standard InChI is InChI=1S/C18H24N.Ti/c1-13-9-8-12-15(13)17-11-7-6-10-16(17)14(2)19-18(3,4)5;/h6-11,14H,12H2,1-5H3;/q-1;+1. The van der Waals surface area contributed by atoms with Crippen LogP contribution in [0.2, 0.25) is 0 Å². The molecular formula is C18H24NTi. The second kappa shape index (κ2) is 6.01. The Balaban J connectivity index is 2.41. The molecule has 0 bridgehead atoms. The van der Waals surface area contributed by atoms with E-state index in [1.807, 2.05) is 0 Å². The van der Waals surface area contributed by atoms with Gasteiger partial charge in [-0.2, -0.15) is 0 Å². The van der Waals surface area contributed by atoms with Gasteiger partial charge in [-0.25, -0.2) is 0 Å². The molecule has 0 N–H and O–H groups in total. The first kappa shape index (κ1) is 15.8. The molecule has 0 aromatic heterocycles. The Kier molecular flexibility index (Phi) is 4.74. The molecule has 2 heteroatoms. The third kappa shape index (κ3) is 3.16. The average Bonchev–Trinajstić information content (AvgIpc) is 2.82.